The molecule has 1 amide bonds. The number of nitrogens with two attached hydrogens (primary N) is 1. The Balaban J connectivity index is 1.29. The normalized spacial score (nSPS) is 32.8. The summed E-state index contributed by atoms with van der Waals surface area (Å²) >= 11 is 0. The molecule has 17 atom stereocenters. The Hall–Kier alpha value is -6.12. The fraction of sp³-hybridized carbons (Fsp3) is 0.562. The van der Waals surface area contributed by atoms with Crippen LogP contribution in [-0.4, -0.2) is 140 Å². The van der Waals surface area contributed by atoms with E-state index < -0.39 is 114 Å². The Labute approximate surface area is 482 Å². The molecule has 0 spiro atoms. The molecule has 3 fully saturated rings. The van der Waals surface area contributed by atoms with Gasteiger partial charge in [-0.2, -0.15) is 0 Å². The highest BCUT2D eigenvalue weighted by Crippen LogP contribution is 2.41. The third kappa shape index (κ3) is 15.9. The van der Waals surface area contributed by atoms with Crippen LogP contribution in [0.15, 0.2) is 103 Å². The number of carbonyl (C=O) groups is 5. The van der Waals surface area contributed by atoms with Crippen LogP contribution in [0.3, 0.4) is 0 Å². The number of methoxy groups -OCH3 is 1. The Bertz CT molecular complexity index is 2800. The second-order valence-electron chi connectivity index (χ2n) is 23.3. The second-order valence-corrected chi connectivity index (χ2v) is 23.3. The van der Waals surface area contributed by atoms with E-state index in [1.54, 1.807) is 89.3 Å². The Kier molecular flexibility index (Phi) is 22.0. The molecule has 4 aromatic rings. The number of primary amides is 1. The van der Waals surface area contributed by atoms with Gasteiger partial charge in [0, 0.05) is 49.3 Å². The fourth-order valence-corrected chi connectivity index (χ4v) is 12.1. The van der Waals surface area contributed by atoms with E-state index in [2.05, 4.69) is 4.98 Å². The monoisotopic (exact) mass is 1140 g/mol. The summed E-state index contributed by atoms with van der Waals surface area (Å²) in [7, 11) is 5.36. The lowest BCUT2D eigenvalue weighted by Gasteiger charge is -2.47. The third-order valence-corrected chi connectivity index (χ3v) is 16.5. The molecule has 3 aliphatic heterocycles. The number of esters is 3. The van der Waals surface area contributed by atoms with Crippen molar-refractivity contribution in [2.24, 2.45) is 35.3 Å². The van der Waals surface area contributed by atoms with Crippen LogP contribution in [0.4, 0.5) is 4.79 Å². The van der Waals surface area contributed by atoms with Crippen LogP contribution in [0.1, 0.15) is 127 Å². The number of ketones is 1. The van der Waals surface area contributed by atoms with E-state index in [0.717, 1.165) is 16.5 Å². The molecule has 0 radical (unpaired) electrons. The predicted octanol–water partition coefficient (Wildman–Crippen LogP) is 10.1. The number of likely N-dealkylation sites (N-methyl/N-ethyl adjacent to an activating group) is 1. The van der Waals surface area contributed by atoms with Crippen molar-refractivity contribution < 1.29 is 71.3 Å². The smallest absolute Gasteiger partial charge is 0.405 e. The van der Waals surface area contributed by atoms with Crippen molar-refractivity contribution in [3.8, 4) is 0 Å². The van der Waals surface area contributed by atoms with Gasteiger partial charge in [0.15, 0.2) is 31.1 Å². The zero-order valence-electron chi connectivity index (χ0n) is 49.6. The van der Waals surface area contributed by atoms with Gasteiger partial charge in [-0.05, 0) is 122 Å². The summed E-state index contributed by atoms with van der Waals surface area (Å²) in [5, 5.41) is 0.969. The molecule has 3 aromatic carbocycles. The quantitative estimate of drug-likeness (QED) is 0.0590. The summed E-state index contributed by atoms with van der Waals surface area (Å²) in [4.78, 5) is 76.5. The summed E-state index contributed by atoms with van der Waals surface area (Å²) in [5.74, 6) is -5.44. The van der Waals surface area contributed by atoms with Gasteiger partial charge in [-0.1, -0.05) is 94.4 Å². The second kappa shape index (κ2) is 28.4. The van der Waals surface area contributed by atoms with Gasteiger partial charge in [-0.25, -0.2) is 14.4 Å². The Morgan fingerprint density at radius 1 is 0.805 bits per heavy atom. The third-order valence-electron chi connectivity index (χ3n) is 16.5. The Morgan fingerprint density at radius 2 is 1.45 bits per heavy atom. The van der Waals surface area contributed by atoms with Gasteiger partial charge in [0.2, 0.25) is 0 Å². The van der Waals surface area contributed by atoms with Crippen LogP contribution in [-0.2, 0) is 57.0 Å². The molecule has 3 saturated heterocycles. The highest BCUT2D eigenvalue weighted by Gasteiger charge is 2.52. The number of hydrogen-bond donors (Lipinski definition) is 1. The number of amides is 1. The molecular weight excluding hydrogens is 1050 g/mol. The summed E-state index contributed by atoms with van der Waals surface area (Å²) in [6.07, 6.45) is -2.47. The van der Waals surface area contributed by atoms with Crippen molar-refractivity contribution in [3.05, 3.63) is 120 Å². The number of rotatable bonds is 17. The first-order valence-corrected chi connectivity index (χ1v) is 28.7. The van der Waals surface area contributed by atoms with E-state index >= 15 is 0 Å². The number of cyclic esters (lactones) is 1. The number of para-hydroxylation sites is 1. The van der Waals surface area contributed by atoms with Crippen LogP contribution in [0.5, 0.6) is 0 Å². The molecule has 3 aliphatic rings. The average Bonchev–Trinajstić information content (AvgIpc) is 3.58. The lowest BCUT2D eigenvalue weighted by atomic mass is 9.77. The number of fused-ring (bicyclic) bond motifs is 1. The summed E-state index contributed by atoms with van der Waals surface area (Å²) in [6, 6.07) is 26.9. The van der Waals surface area contributed by atoms with Gasteiger partial charge >= 0.3 is 24.0 Å². The zero-order chi connectivity index (χ0) is 59.5. The van der Waals surface area contributed by atoms with Crippen molar-refractivity contribution in [2.45, 2.75) is 174 Å². The highest BCUT2D eigenvalue weighted by atomic mass is 16.8. The lowest BCUT2D eigenvalue weighted by molar-refractivity contribution is -0.317. The largest absolute Gasteiger partial charge is 0.458 e. The molecule has 82 heavy (non-hydrogen) atoms. The van der Waals surface area contributed by atoms with E-state index in [0.29, 0.717) is 17.5 Å². The van der Waals surface area contributed by atoms with Crippen molar-refractivity contribution >= 4 is 46.8 Å². The molecular formula is C64H85N3O15. The summed E-state index contributed by atoms with van der Waals surface area (Å²) < 4.78 is 65.1. The number of Topliss-reactive ketones (excluding diaryl/α,β-unsaturated/α-hetero) is 1. The molecule has 0 saturated carbocycles. The number of ether oxygens (including phenoxy) is 10. The number of aromatic nitrogens is 1. The number of carbonyl (C=O) groups excluding carboxylic acids is 5. The number of pyridine rings is 1. The highest BCUT2D eigenvalue weighted by molar-refractivity contribution is 5.90. The first kappa shape index (κ1) is 63.5. The first-order valence-electron chi connectivity index (χ1n) is 28.7. The molecule has 0 aliphatic carbocycles. The van der Waals surface area contributed by atoms with Crippen molar-refractivity contribution in [1.29, 1.82) is 0 Å². The van der Waals surface area contributed by atoms with E-state index in [9.17, 15) is 24.0 Å². The first-order chi connectivity index (χ1) is 39.0. The van der Waals surface area contributed by atoms with Crippen LogP contribution in [0.2, 0.25) is 0 Å². The zero-order valence-corrected chi connectivity index (χ0v) is 49.6. The maximum atomic E-state index is 14.9. The van der Waals surface area contributed by atoms with Crippen LogP contribution < -0.4 is 5.73 Å². The summed E-state index contributed by atoms with van der Waals surface area (Å²) in [6.45, 7) is 16.3. The van der Waals surface area contributed by atoms with E-state index in [1.807, 2.05) is 101 Å². The van der Waals surface area contributed by atoms with Crippen molar-refractivity contribution in [2.75, 3.05) is 27.8 Å². The van der Waals surface area contributed by atoms with E-state index in [1.165, 1.54) is 7.11 Å². The van der Waals surface area contributed by atoms with Gasteiger partial charge in [-0.3, -0.25) is 14.6 Å². The number of benzene rings is 3. The molecule has 18 nitrogen and oxygen atoms in total. The average molecular weight is 1140 g/mol. The minimum atomic E-state index is -1.52. The minimum absolute atomic E-state index is 0.0151. The van der Waals surface area contributed by atoms with Gasteiger partial charge < -0.3 is 58.0 Å². The van der Waals surface area contributed by atoms with E-state index in [4.69, 9.17) is 53.1 Å². The molecule has 446 valence electrons. The van der Waals surface area contributed by atoms with Gasteiger partial charge in [0.25, 0.3) is 0 Å². The van der Waals surface area contributed by atoms with Crippen molar-refractivity contribution in [3.63, 3.8) is 0 Å². The molecule has 7 rings (SSSR count). The van der Waals surface area contributed by atoms with Gasteiger partial charge in [0.05, 0.1) is 53.5 Å². The Morgan fingerprint density at radius 3 is 2.09 bits per heavy atom. The topological polar surface area (TPSA) is 220 Å². The minimum Gasteiger partial charge on any atom is -0.458 e. The van der Waals surface area contributed by atoms with Crippen LogP contribution in [0.25, 0.3) is 17.0 Å². The van der Waals surface area contributed by atoms with Crippen LogP contribution in [0, 0.1) is 29.6 Å². The molecule has 0 bridgehead atoms. The molecule has 4 heterocycles. The van der Waals surface area contributed by atoms with E-state index in [-0.39, 0.29) is 56.6 Å². The maximum absolute atomic E-state index is 14.9. The molecule has 8 unspecified atom stereocenters. The van der Waals surface area contributed by atoms with Crippen LogP contribution >= 0.6 is 0 Å². The summed E-state index contributed by atoms with van der Waals surface area (Å²) in [5.41, 5.74) is 5.49. The fourth-order valence-electron chi connectivity index (χ4n) is 12.1. The van der Waals surface area contributed by atoms with Gasteiger partial charge in [0.1, 0.15) is 23.1 Å². The van der Waals surface area contributed by atoms with Crippen molar-refractivity contribution in [1.82, 2.24) is 9.88 Å². The molecule has 18 heteroatoms. The lowest BCUT2D eigenvalue weighted by Crippen LogP contribution is -2.59. The number of nitrogens with zero attached hydrogens (tertiary/aromatic N) is 2. The number of hydrogen-bond acceptors (Lipinski definition) is 17. The predicted molar refractivity (Wildman–Crippen MR) is 307 cm³/mol. The van der Waals surface area contributed by atoms with Gasteiger partial charge in [-0.15, -0.1) is 0 Å². The maximum Gasteiger partial charge on any atom is 0.405 e. The molecule has 2 N–H and O–H groups in total. The SMILES string of the molecule is CC[C@H]1OC(=O)C(C)C(O[C@H]2C[C@@](C)(OC)[C@@H](OC(=O)c3ccccc3)[C@H](C)O2)[C@H](C)CC(C(OC/C=C/c2cnc3ccccc3c2)OC2OC(C)CC(N(C)C)[C@H]2OC(=O)c2ccccc2)CC(C)C(=O)[C@H](C)C[C@]1(C)OC(N)=O. The molecule has 1 aromatic heterocycles. The standard InChI is InChI=1S/C64H85N3O15/c1-13-51-63(8,82-62(65)72)35-40(4)53(68)38(2)31-48(32-39(3)54(42(6)57(69)77-51)78-52-36-64(9,73-12)56(43(7)76-52)80-59(71)46-26-18-15-19-27-46)60(74-30-22-23-44-34-47-28-20-21-29-49(47)66-37-44)81-61-55(50(67(10)11)33-41(5)75-61)79-58(70)45-24-16-14-17-25-45/h14-29,34,37-43,48,50-52,54-56,60-61H,13,30-33,35-36H2,1-12H3,(H2,65,72)/b23-22+/t38?,39-,40-,41?,42?,43+,48?,50?,51-,52+,54?,55-,56+,60?,61?,63+,64-/m1/s1.